The van der Waals surface area contributed by atoms with Crippen molar-refractivity contribution in [2.45, 2.75) is 12.6 Å². The monoisotopic (exact) mass is 497 g/mol. The second kappa shape index (κ2) is 8.78. The Kier molecular flexibility index (Phi) is 5.76. The van der Waals surface area contributed by atoms with Gasteiger partial charge in [-0.25, -0.2) is 4.98 Å². The third-order valence-electron chi connectivity index (χ3n) is 5.92. The maximum Gasteiger partial charge on any atom is 0.416 e. The Bertz CT molecular complexity index is 1440. The van der Waals surface area contributed by atoms with Crippen molar-refractivity contribution < 1.29 is 22.7 Å². The number of amides is 1. The van der Waals surface area contributed by atoms with E-state index in [1.165, 1.54) is 0 Å². The van der Waals surface area contributed by atoms with Crippen LogP contribution < -0.4 is 15.0 Å². The third kappa shape index (κ3) is 4.49. The molecule has 2 heterocycles. The minimum Gasteiger partial charge on any atom is -0.497 e. The van der Waals surface area contributed by atoms with Crippen molar-refractivity contribution in [3.8, 4) is 5.75 Å². The van der Waals surface area contributed by atoms with Gasteiger partial charge in [0.2, 0.25) is 0 Å². The van der Waals surface area contributed by atoms with Gasteiger partial charge in [-0.15, -0.1) is 0 Å². The molecule has 35 heavy (non-hydrogen) atoms. The quantitative estimate of drug-likeness (QED) is 0.334. The molecule has 178 valence electrons. The molecule has 1 aliphatic rings. The second-order valence-electron chi connectivity index (χ2n) is 8.12. The first kappa shape index (κ1) is 23.0. The number of carbonyl (C=O) groups excluding carboxylic acids is 1. The number of pyridine rings is 1. The lowest BCUT2D eigenvalue weighted by Gasteiger charge is -2.19. The normalized spacial score (nSPS) is 13.1. The van der Waals surface area contributed by atoms with Crippen LogP contribution in [-0.4, -0.2) is 24.5 Å². The first-order valence-electron chi connectivity index (χ1n) is 10.8. The van der Waals surface area contributed by atoms with Gasteiger partial charge in [-0.05, 0) is 72.6 Å². The van der Waals surface area contributed by atoms with Crippen molar-refractivity contribution >= 4 is 45.6 Å². The van der Waals surface area contributed by atoms with E-state index in [0.717, 1.165) is 64.9 Å². The smallest absolute Gasteiger partial charge is 0.416 e. The zero-order valence-corrected chi connectivity index (χ0v) is 19.2. The summed E-state index contributed by atoms with van der Waals surface area (Å²) in [6.45, 7) is 0.737. The standard InChI is InChI=1S/C26H19ClF3N3O2/c1-35-20-8-4-16-12-17-10-11-33(24(17)31-22(16)14-20)19-6-2-15(3-7-19)25(34)32-23-13-18(26(28,29)30)5-9-21(23)27/h2-9,12-14H,10-11H2,1H3,(H,32,34). The second-order valence-corrected chi connectivity index (χ2v) is 8.53. The zero-order valence-electron chi connectivity index (χ0n) is 18.5. The number of ether oxygens (including phenoxy) is 1. The molecular weight excluding hydrogens is 479 g/mol. The topological polar surface area (TPSA) is 54.5 Å². The summed E-state index contributed by atoms with van der Waals surface area (Å²) in [5, 5.41) is 3.52. The number of anilines is 3. The van der Waals surface area contributed by atoms with Crippen LogP contribution in [0.1, 0.15) is 21.5 Å². The van der Waals surface area contributed by atoms with E-state index in [-0.39, 0.29) is 16.3 Å². The number of benzene rings is 3. The lowest BCUT2D eigenvalue weighted by molar-refractivity contribution is -0.137. The molecule has 3 aromatic carbocycles. The van der Waals surface area contributed by atoms with Crippen LogP contribution in [-0.2, 0) is 12.6 Å². The largest absolute Gasteiger partial charge is 0.497 e. The molecule has 5 rings (SSSR count). The Morgan fingerprint density at radius 1 is 1.06 bits per heavy atom. The van der Waals surface area contributed by atoms with Crippen molar-refractivity contribution in [1.82, 2.24) is 4.98 Å². The molecule has 9 heteroatoms. The number of alkyl halides is 3. The van der Waals surface area contributed by atoms with Crippen LogP contribution in [0.3, 0.4) is 0 Å². The summed E-state index contributed by atoms with van der Waals surface area (Å²) in [5.41, 5.74) is 2.10. The first-order valence-corrected chi connectivity index (χ1v) is 11.1. The average Bonchev–Trinajstić information content (AvgIpc) is 3.25. The molecule has 1 aromatic heterocycles. The molecule has 0 saturated heterocycles. The number of hydrogen-bond acceptors (Lipinski definition) is 4. The van der Waals surface area contributed by atoms with Crippen LogP contribution in [0.5, 0.6) is 5.75 Å². The summed E-state index contributed by atoms with van der Waals surface area (Å²) in [6.07, 6.45) is -3.71. The van der Waals surface area contributed by atoms with Gasteiger partial charge in [-0.3, -0.25) is 4.79 Å². The molecule has 0 atom stereocenters. The number of aromatic nitrogens is 1. The maximum absolute atomic E-state index is 13.0. The summed E-state index contributed by atoms with van der Waals surface area (Å²) in [5.74, 6) is 1.01. The van der Waals surface area contributed by atoms with Crippen molar-refractivity contribution in [3.05, 3.63) is 88.4 Å². The third-order valence-corrected chi connectivity index (χ3v) is 6.25. The number of nitrogens with zero attached hydrogens (tertiary/aromatic N) is 2. The highest BCUT2D eigenvalue weighted by Gasteiger charge is 2.31. The zero-order chi connectivity index (χ0) is 24.7. The molecule has 1 aliphatic heterocycles. The van der Waals surface area contributed by atoms with Crippen LogP contribution in [0.2, 0.25) is 5.02 Å². The number of carbonyl (C=O) groups is 1. The Morgan fingerprint density at radius 3 is 2.54 bits per heavy atom. The first-order chi connectivity index (χ1) is 16.7. The van der Waals surface area contributed by atoms with Crippen molar-refractivity contribution in [2.75, 3.05) is 23.9 Å². The molecule has 1 N–H and O–H groups in total. The van der Waals surface area contributed by atoms with Gasteiger partial charge in [-0.2, -0.15) is 13.2 Å². The minimum atomic E-state index is -4.54. The van der Waals surface area contributed by atoms with Crippen LogP contribution in [0.25, 0.3) is 10.9 Å². The molecule has 0 bridgehead atoms. The maximum atomic E-state index is 13.0. The number of fused-ring (bicyclic) bond motifs is 2. The summed E-state index contributed by atoms with van der Waals surface area (Å²) < 4.78 is 44.3. The van der Waals surface area contributed by atoms with Gasteiger partial charge in [0.15, 0.2) is 0 Å². The molecule has 0 spiro atoms. The van der Waals surface area contributed by atoms with Crippen LogP contribution in [0.4, 0.5) is 30.4 Å². The number of rotatable bonds is 4. The van der Waals surface area contributed by atoms with Gasteiger partial charge < -0.3 is 15.0 Å². The minimum absolute atomic E-state index is 0.0200. The summed E-state index contributed by atoms with van der Waals surface area (Å²) in [7, 11) is 1.61. The Labute approximate surface area is 204 Å². The van der Waals surface area contributed by atoms with Gasteiger partial charge in [0, 0.05) is 29.2 Å². The van der Waals surface area contributed by atoms with Gasteiger partial charge in [0.25, 0.3) is 5.91 Å². The predicted octanol–water partition coefficient (Wildman–Crippen LogP) is 6.86. The van der Waals surface area contributed by atoms with E-state index in [9.17, 15) is 18.0 Å². The van der Waals surface area contributed by atoms with E-state index < -0.39 is 17.6 Å². The van der Waals surface area contributed by atoms with E-state index in [2.05, 4.69) is 16.3 Å². The number of methoxy groups -OCH3 is 1. The van der Waals surface area contributed by atoms with Gasteiger partial charge in [0.1, 0.15) is 11.6 Å². The fourth-order valence-electron chi connectivity index (χ4n) is 4.10. The predicted molar refractivity (Wildman–Crippen MR) is 130 cm³/mol. The Hall–Kier alpha value is -3.78. The van der Waals surface area contributed by atoms with E-state index in [1.54, 1.807) is 31.4 Å². The van der Waals surface area contributed by atoms with E-state index in [0.29, 0.717) is 0 Å². The highest BCUT2D eigenvalue weighted by Crippen LogP contribution is 2.36. The summed E-state index contributed by atoms with van der Waals surface area (Å²) in [6, 6.07) is 17.5. The van der Waals surface area contributed by atoms with E-state index in [1.807, 2.05) is 18.2 Å². The highest BCUT2D eigenvalue weighted by molar-refractivity contribution is 6.34. The molecule has 0 saturated carbocycles. The SMILES string of the molecule is COc1ccc2cc3c(nc2c1)N(c1ccc(C(=O)Nc2cc(C(F)(F)F)ccc2Cl)cc1)CC3. The molecular formula is C26H19ClF3N3O2. The van der Waals surface area contributed by atoms with Gasteiger partial charge >= 0.3 is 6.18 Å². The molecule has 0 unspecified atom stereocenters. The van der Waals surface area contributed by atoms with Crippen LogP contribution >= 0.6 is 11.6 Å². The lowest BCUT2D eigenvalue weighted by atomic mass is 10.1. The number of hydrogen-bond donors (Lipinski definition) is 1. The summed E-state index contributed by atoms with van der Waals surface area (Å²) >= 11 is 5.99. The molecule has 5 nitrogen and oxygen atoms in total. The molecule has 4 aromatic rings. The van der Waals surface area contributed by atoms with E-state index >= 15 is 0 Å². The molecule has 0 fully saturated rings. The van der Waals surface area contributed by atoms with Gasteiger partial charge in [-0.1, -0.05) is 11.6 Å². The molecule has 0 aliphatic carbocycles. The van der Waals surface area contributed by atoms with Crippen LogP contribution in [0.15, 0.2) is 66.7 Å². The summed E-state index contributed by atoms with van der Waals surface area (Å²) in [4.78, 5) is 19.6. The van der Waals surface area contributed by atoms with Crippen molar-refractivity contribution in [2.24, 2.45) is 0 Å². The lowest BCUT2D eigenvalue weighted by Crippen LogP contribution is -2.16. The Balaban J connectivity index is 1.38. The number of nitrogens with one attached hydrogen (secondary N) is 1. The Morgan fingerprint density at radius 2 is 1.83 bits per heavy atom. The van der Waals surface area contributed by atoms with Gasteiger partial charge in [0.05, 0.1) is 28.9 Å². The van der Waals surface area contributed by atoms with E-state index in [4.69, 9.17) is 21.3 Å². The average molecular weight is 498 g/mol. The van der Waals surface area contributed by atoms with Crippen molar-refractivity contribution in [1.29, 1.82) is 0 Å². The fraction of sp³-hybridized carbons (Fsp3) is 0.154. The van der Waals surface area contributed by atoms with Crippen molar-refractivity contribution in [3.63, 3.8) is 0 Å². The number of halogens is 4. The van der Waals surface area contributed by atoms with Crippen LogP contribution in [0, 0.1) is 0 Å². The fourth-order valence-corrected chi connectivity index (χ4v) is 4.26. The molecule has 0 radical (unpaired) electrons. The highest BCUT2D eigenvalue weighted by atomic mass is 35.5. The molecule has 1 amide bonds.